The minimum absolute atomic E-state index is 0.00414. The van der Waals surface area contributed by atoms with E-state index in [1.54, 1.807) is 32.0 Å². The molecule has 0 spiro atoms. The summed E-state index contributed by atoms with van der Waals surface area (Å²) in [7, 11) is 3.42. The van der Waals surface area contributed by atoms with E-state index in [9.17, 15) is 9.59 Å². The van der Waals surface area contributed by atoms with Gasteiger partial charge in [0.05, 0.1) is 23.4 Å². The van der Waals surface area contributed by atoms with Crippen molar-refractivity contribution in [3.05, 3.63) is 23.3 Å². The Bertz CT molecular complexity index is 819. The van der Waals surface area contributed by atoms with Crippen LogP contribution in [0, 0.1) is 12.8 Å². The molecule has 0 unspecified atom stereocenters. The monoisotopic (exact) mass is 404 g/mol. The third-order valence-electron chi connectivity index (χ3n) is 5.30. The second-order valence-corrected chi connectivity index (χ2v) is 7.39. The molecule has 0 bridgehead atoms. The number of aromatic nitrogens is 6. The maximum absolute atomic E-state index is 12.7. The number of carbonyl (C=O) groups is 2. The highest BCUT2D eigenvalue weighted by Crippen LogP contribution is 2.27. The molecule has 1 aliphatic rings. The van der Waals surface area contributed by atoms with Gasteiger partial charge in [-0.2, -0.15) is 10.3 Å². The van der Waals surface area contributed by atoms with Crippen molar-refractivity contribution in [2.24, 2.45) is 13.0 Å². The van der Waals surface area contributed by atoms with Gasteiger partial charge >= 0.3 is 0 Å². The van der Waals surface area contributed by atoms with E-state index >= 15 is 0 Å². The fraction of sp³-hybridized carbons (Fsp3) is 0.667. The van der Waals surface area contributed by atoms with E-state index in [0.29, 0.717) is 42.9 Å². The molecule has 3 N–H and O–H groups in total. The number of nitrogens with zero attached hydrogens (tertiary/aromatic N) is 5. The van der Waals surface area contributed by atoms with Gasteiger partial charge < -0.3 is 15.4 Å². The highest BCUT2D eigenvalue weighted by Gasteiger charge is 2.35. The number of carbonyl (C=O) groups excluding carboxylic acids is 2. The molecule has 2 heterocycles. The summed E-state index contributed by atoms with van der Waals surface area (Å²) in [5, 5.41) is 23.9. The number of aryl methyl sites for hydroxylation is 3. The topological polar surface area (TPSA) is 140 Å². The second-order valence-electron chi connectivity index (χ2n) is 7.39. The van der Waals surface area contributed by atoms with Crippen molar-refractivity contribution in [1.29, 1.82) is 0 Å². The lowest BCUT2D eigenvalue weighted by Gasteiger charge is -2.35. The van der Waals surface area contributed by atoms with Gasteiger partial charge in [0.25, 0.3) is 5.91 Å². The molecular weight excluding hydrogens is 376 g/mol. The lowest BCUT2D eigenvalue weighted by atomic mass is 9.83. The highest BCUT2D eigenvalue weighted by molar-refractivity contribution is 5.95. The van der Waals surface area contributed by atoms with Gasteiger partial charge in [-0.1, -0.05) is 5.21 Å². The standard InChI is InChI=1S/C18H28N8O3/c1-11-13(10-26(2)23-11)18(28)20-14-9-12(6-7-15(14)29-3)17(27)19-8-4-5-16-21-24-25-22-16/h10,12,14-15H,4-9H2,1-3H3,(H,19,27)(H,20,28)(H,21,22,24,25)/t12-,14+,15+/m0/s1. The van der Waals surface area contributed by atoms with E-state index in [4.69, 9.17) is 4.74 Å². The predicted octanol–water partition coefficient (Wildman–Crippen LogP) is -0.0959. The zero-order chi connectivity index (χ0) is 20.8. The number of nitrogens with one attached hydrogen (secondary N) is 3. The number of rotatable bonds is 8. The first-order valence-electron chi connectivity index (χ1n) is 9.82. The zero-order valence-corrected chi connectivity index (χ0v) is 17.0. The molecule has 29 heavy (non-hydrogen) atoms. The minimum Gasteiger partial charge on any atom is -0.379 e. The second kappa shape index (κ2) is 9.59. The Morgan fingerprint density at radius 3 is 2.86 bits per heavy atom. The summed E-state index contributed by atoms with van der Waals surface area (Å²) in [4.78, 5) is 25.3. The molecule has 1 saturated carbocycles. The van der Waals surface area contributed by atoms with Crippen molar-refractivity contribution in [2.75, 3.05) is 13.7 Å². The molecule has 3 atom stereocenters. The lowest BCUT2D eigenvalue weighted by Crippen LogP contribution is -2.50. The Morgan fingerprint density at radius 1 is 1.38 bits per heavy atom. The summed E-state index contributed by atoms with van der Waals surface area (Å²) >= 11 is 0. The first kappa shape index (κ1) is 20.9. The van der Waals surface area contributed by atoms with Gasteiger partial charge in [0, 0.05) is 39.2 Å². The molecule has 0 aromatic carbocycles. The van der Waals surface area contributed by atoms with Gasteiger partial charge in [-0.3, -0.25) is 14.3 Å². The molecule has 11 heteroatoms. The van der Waals surface area contributed by atoms with Crippen LogP contribution in [-0.2, 0) is 23.0 Å². The molecule has 158 valence electrons. The first-order valence-corrected chi connectivity index (χ1v) is 9.82. The van der Waals surface area contributed by atoms with Crippen molar-refractivity contribution in [1.82, 2.24) is 41.0 Å². The quantitative estimate of drug-likeness (QED) is 0.522. The smallest absolute Gasteiger partial charge is 0.255 e. The van der Waals surface area contributed by atoms with Crippen molar-refractivity contribution < 1.29 is 14.3 Å². The summed E-state index contributed by atoms with van der Waals surface area (Å²) < 4.78 is 7.17. The molecule has 0 radical (unpaired) electrons. The summed E-state index contributed by atoms with van der Waals surface area (Å²) in [5.41, 5.74) is 1.21. The molecular formula is C18H28N8O3. The first-order chi connectivity index (χ1) is 14.0. The SMILES string of the molecule is CO[C@@H]1CC[C@H](C(=O)NCCCc2nn[nH]n2)C[C@H]1NC(=O)c1cn(C)nc1C. The van der Waals surface area contributed by atoms with Crippen LogP contribution in [0.15, 0.2) is 6.20 Å². The normalized spacial score (nSPS) is 21.7. The number of ether oxygens (including phenoxy) is 1. The zero-order valence-electron chi connectivity index (χ0n) is 17.0. The molecule has 2 aromatic rings. The van der Waals surface area contributed by atoms with Crippen molar-refractivity contribution >= 4 is 11.8 Å². The van der Waals surface area contributed by atoms with E-state index in [1.807, 2.05) is 0 Å². The number of methoxy groups -OCH3 is 1. The summed E-state index contributed by atoms with van der Waals surface area (Å²) in [6, 6.07) is -0.226. The molecule has 2 aromatic heterocycles. The number of hydrogen-bond acceptors (Lipinski definition) is 7. The van der Waals surface area contributed by atoms with Crippen LogP contribution in [0.1, 0.15) is 47.6 Å². The third kappa shape index (κ3) is 5.37. The van der Waals surface area contributed by atoms with Gasteiger partial charge in [-0.15, -0.1) is 10.2 Å². The van der Waals surface area contributed by atoms with Gasteiger partial charge in [0.15, 0.2) is 5.82 Å². The molecule has 11 nitrogen and oxygen atoms in total. The van der Waals surface area contributed by atoms with Crippen LogP contribution < -0.4 is 10.6 Å². The molecule has 1 aliphatic carbocycles. The molecule has 0 aliphatic heterocycles. The highest BCUT2D eigenvalue weighted by atomic mass is 16.5. The van der Waals surface area contributed by atoms with E-state index in [1.165, 1.54) is 0 Å². The maximum atomic E-state index is 12.7. The fourth-order valence-corrected chi connectivity index (χ4v) is 3.77. The van der Waals surface area contributed by atoms with Crippen LogP contribution in [0.2, 0.25) is 0 Å². The molecule has 3 rings (SSSR count). The van der Waals surface area contributed by atoms with E-state index in [2.05, 4.69) is 36.4 Å². The molecule has 1 fully saturated rings. The maximum Gasteiger partial charge on any atom is 0.255 e. The van der Waals surface area contributed by atoms with Crippen LogP contribution in [0.25, 0.3) is 0 Å². The fourth-order valence-electron chi connectivity index (χ4n) is 3.77. The largest absolute Gasteiger partial charge is 0.379 e. The summed E-state index contributed by atoms with van der Waals surface area (Å²) in [6.45, 7) is 2.35. The van der Waals surface area contributed by atoms with Crippen LogP contribution in [0.5, 0.6) is 0 Å². The van der Waals surface area contributed by atoms with Crippen molar-refractivity contribution in [3.63, 3.8) is 0 Å². The Hall–Kier alpha value is -2.82. The van der Waals surface area contributed by atoms with Crippen LogP contribution >= 0.6 is 0 Å². The minimum atomic E-state index is -0.226. The molecule has 0 saturated heterocycles. The Labute approximate surface area is 169 Å². The number of H-pyrrole nitrogens is 1. The number of tetrazole rings is 1. The molecule has 2 amide bonds. The predicted molar refractivity (Wildman–Crippen MR) is 103 cm³/mol. The number of aromatic amines is 1. The van der Waals surface area contributed by atoms with Gasteiger partial charge in [-0.25, -0.2) is 0 Å². The summed E-state index contributed by atoms with van der Waals surface area (Å²) in [6.07, 6.45) is 4.96. The van der Waals surface area contributed by atoms with E-state index < -0.39 is 0 Å². The Morgan fingerprint density at radius 2 is 2.21 bits per heavy atom. The lowest BCUT2D eigenvalue weighted by molar-refractivity contribution is -0.127. The van der Waals surface area contributed by atoms with E-state index in [0.717, 1.165) is 12.8 Å². The van der Waals surface area contributed by atoms with Crippen molar-refractivity contribution in [3.8, 4) is 0 Å². The van der Waals surface area contributed by atoms with Gasteiger partial charge in [-0.05, 0) is 32.6 Å². The average Bonchev–Trinajstić information content (AvgIpc) is 3.34. The third-order valence-corrected chi connectivity index (χ3v) is 5.30. The van der Waals surface area contributed by atoms with Gasteiger partial charge in [0.2, 0.25) is 5.91 Å². The number of amides is 2. The Balaban J connectivity index is 1.51. The number of hydrogen-bond donors (Lipinski definition) is 3. The van der Waals surface area contributed by atoms with E-state index in [-0.39, 0.29) is 29.9 Å². The van der Waals surface area contributed by atoms with Crippen LogP contribution in [0.4, 0.5) is 0 Å². The summed E-state index contributed by atoms with van der Waals surface area (Å²) in [5.74, 6) is 0.286. The average molecular weight is 404 g/mol. The Kier molecular flexibility index (Phi) is 6.91. The van der Waals surface area contributed by atoms with Gasteiger partial charge in [0.1, 0.15) is 0 Å². The van der Waals surface area contributed by atoms with Crippen LogP contribution in [0.3, 0.4) is 0 Å². The van der Waals surface area contributed by atoms with Crippen molar-refractivity contribution in [2.45, 2.75) is 51.2 Å². The van der Waals surface area contributed by atoms with Crippen LogP contribution in [-0.4, -0.2) is 68.0 Å².